The number of rotatable bonds is 3. The number of halogens is 1. The van der Waals surface area contributed by atoms with Crippen molar-refractivity contribution in [1.29, 1.82) is 0 Å². The van der Waals surface area contributed by atoms with E-state index in [2.05, 4.69) is 43.3 Å². The molecule has 0 spiro atoms. The maximum absolute atomic E-state index is 4.16. The number of nitrogens with one attached hydrogen (secondary N) is 2. The minimum atomic E-state index is 0.809. The van der Waals surface area contributed by atoms with Crippen LogP contribution in [-0.2, 0) is 6.54 Å². The zero-order valence-electron chi connectivity index (χ0n) is 7.67. The molecule has 0 saturated carbocycles. The van der Waals surface area contributed by atoms with E-state index >= 15 is 0 Å². The Morgan fingerprint density at radius 3 is 3.00 bits per heavy atom. The Balaban J connectivity index is 1.94. The molecule has 2 aromatic rings. The number of aromatic nitrogens is 2. The first kappa shape index (κ1) is 9.73. The van der Waals surface area contributed by atoms with Crippen LogP contribution >= 0.6 is 27.3 Å². The van der Waals surface area contributed by atoms with E-state index in [1.54, 1.807) is 11.3 Å². The number of thiophene rings is 1. The molecule has 5 heteroatoms. The maximum atomic E-state index is 4.16. The Kier molecular flexibility index (Phi) is 2.88. The molecule has 0 fully saturated rings. The van der Waals surface area contributed by atoms with Crippen molar-refractivity contribution in [2.75, 3.05) is 5.32 Å². The third-order valence-corrected chi connectivity index (χ3v) is 3.39. The van der Waals surface area contributed by atoms with Gasteiger partial charge in [-0.3, -0.25) is 0 Å². The van der Waals surface area contributed by atoms with Gasteiger partial charge in [-0.05, 0) is 35.0 Å². The third-order valence-electron chi connectivity index (χ3n) is 1.76. The van der Waals surface area contributed by atoms with Crippen molar-refractivity contribution in [3.05, 3.63) is 32.7 Å². The normalized spacial score (nSPS) is 10.4. The molecule has 3 nitrogen and oxygen atoms in total. The molecule has 0 unspecified atom stereocenters. The minimum absolute atomic E-state index is 0.809. The third kappa shape index (κ3) is 2.36. The largest absolute Gasteiger partial charge is 0.351 e. The van der Waals surface area contributed by atoms with Gasteiger partial charge in [-0.25, -0.2) is 4.98 Å². The molecule has 14 heavy (non-hydrogen) atoms. The van der Waals surface area contributed by atoms with E-state index in [0.717, 1.165) is 22.0 Å². The van der Waals surface area contributed by atoms with E-state index in [1.165, 1.54) is 4.88 Å². The molecular weight excluding hydrogens is 262 g/mol. The molecule has 0 aliphatic heterocycles. The van der Waals surface area contributed by atoms with Gasteiger partial charge >= 0.3 is 0 Å². The Morgan fingerprint density at radius 2 is 2.43 bits per heavy atom. The van der Waals surface area contributed by atoms with Gasteiger partial charge in [0, 0.05) is 16.8 Å². The van der Waals surface area contributed by atoms with Gasteiger partial charge in [0.25, 0.3) is 0 Å². The highest BCUT2D eigenvalue weighted by Crippen LogP contribution is 2.22. The molecule has 0 saturated heterocycles. The predicted octanol–water partition coefficient (Wildman–Crippen LogP) is 3.15. The summed E-state index contributed by atoms with van der Waals surface area (Å²) in [4.78, 5) is 8.57. The summed E-state index contributed by atoms with van der Waals surface area (Å²) >= 11 is 5.16. The second kappa shape index (κ2) is 4.14. The van der Waals surface area contributed by atoms with Gasteiger partial charge in [0.2, 0.25) is 5.95 Å². The summed E-state index contributed by atoms with van der Waals surface area (Å²) in [6.07, 6.45) is 1.81. The van der Waals surface area contributed by atoms with Crippen molar-refractivity contribution in [2.24, 2.45) is 0 Å². The molecule has 0 amide bonds. The Bertz CT molecular complexity index is 381. The standard InChI is InChI=1S/C9H10BrN3S/c1-6-4-11-9(13-6)12-5-7-2-3-8(10)14-7/h2-4H,5H2,1H3,(H2,11,12,13). The minimum Gasteiger partial charge on any atom is -0.351 e. The van der Waals surface area contributed by atoms with Crippen LogP contribution in [0.1, 0.15) is 10.6 Å². The summed E-state index contributed by atoms with van der Waals surface area (Å²) < 4.78 is 1.16. The highest BCUT2D eigenvalue weighted by molar-refractivity contribution is 9.11. The van der Waals surface area contributed by atoms with Crippen molar-refractivity contribution in [3.63, 3.8) is 0 Å². The van der Waals surface area contributed by atoms with Gasteiger partial charge in [0.05, 0.1) is 10.3 Å². The lowest BCUT2D eigenvalue weighted by molar-refractivity contribution is 1.11. The molecule has 0 aliphatic rings. The topological polar surface area (TPSA) is 40.7 Å². The summed E-state index contributed by atoms with van der Waals surface area (Å²) in [6, 6.07) is 4.15. The van der Waals surface area contributed by atoms with Crippen LogP contribution in [0.15, 0.2) is 22.1 Å². The van der Waals surface area contributed by atoms with Crippen molar-refractivity contribution >= 4 is 33.2 Å². The van der Waals surface area contributed by atoms with Crippen LogP contribution in [0.4, 0.5) is 5.95 Å². The fraction of sp³-hybridized carbons (Fsp3) is 0.222. The first-order chi connectivity index (χ1) is 6.74. The maximum Gasteiger partial charge on any atom is 0.200 e. The van der Waals surface area contributed by atoms with Crippen molar-refractivity contribution in [2.45, 2.75) is 13.5 Å². The van der Waals surface area contributed by atoms with Gasteiger partial charge in [-0.1, -0.05) is 0 Å². The summed E-state index contributed by atoms with van der Waals surface area (Å²) in [6.45, 7) is 2.79. The SMILES string of the molecule is Cc1cnc(NCc2ccc(Br)s2)[nH]1. The van der Waals surface area contributed by atoms with E-state index in [0.29, 0.717) is 0 Å². The lowest BCUT2D eigenvalue weighted by atomic mass is 10.5. The van der Waals surface area contributed by atoms with Gasteiger partial charge in [0.15, 0.2) is 0 Å². The molecule has 0 radical (unpaired) electrons. The van der Waals surface area contributed by atoms with Crippen LogP contribution in [0.25, 0.3) is 0 Å². The molecule has 74 valence electrons. The van der Waals surface area contributed by atoms with E-state index in [4.69, 9.17) is 0 Å². The Hall–Kier alpha value is -0.810. The zero-order valence-corrected chi connectivity index (χ0v) is 10.1. The average Bonchev–Trinajstić information content (AvgIpc) is 2.72. The molecular formula is C9H10BrN3S. The molecule has 0 aliphatic carbocycles. The lowest BCUT2D eigenvalue weighted by Gasteiger charge is -1.98. The number of nitrogens with zero attached hydrogens (tertiary/aromatic N) is 1. The van der Waals surface area contributed by atoms with Crippen LogP contribution in [0.2, 0.25) is 0 Å². The highest BCUT2D eigenvalue weighted by Gasteiger charge is 1.99. The Morgan fingerprint density at radius 1 is 1.57 bits per heavy atom. The highest BCUT2D eigenvalue weighted by atomic mass is 79.9. The zero-order chi connectivity index (χ0) is 9.97. The fourth-order valence-corrected chi connectivity index (χ4v) is 2.54. The second-order valence-corrected chi connectivity index (χ2v) is 5.52. The fourth-order valence-electron chi connectivity index (χ4n) is 1.12. The molecule has 0 aromatic carbocycles. The summed E-state index contributed by atoms with van der Waals surface area (Å²) in [7, 11) is 0. The Labute approximate surface area is 94.7 Å². The quantitative estimate of drug-likeness (QED) is 0.901. The lowest BCUT2D eigenvalue weighted by Crippen LogP contribution is -1.98. The second-order valence-electron chi connectivity index (χ2n) is 2.97. The van der Waals surface area contributed by atoms with Gasteiger partial charge in [-0.2, -0.15) is 0 Å². The van der Waals surface area contributed by atoms with E-state index in [1.807, 2.05) is 13.1 Å². The predicted molar refractivity (Wildman–Crippen MR) is 62.7 cm³/mol. The number of aromatic amines is 1. The van der Waals surface area contributed by atoms with E-state index in [-0.39, 0.29) is 0 Å². The van der Waals surface area contributed by atoms with Crippen LogP contribution in [-0.4, -0.2) is 9.97 Å². The molecule has 2 N–H and O–H groups in total. The summed E-state index contributed by atoms with van der Waals surface area (Å²) in [5, 5.41) is 3.22. The number of anilines is 1. The number of aryl methyl sites for hydroxylation is 1. The first-order valence-electron chi connectivity index (χ1n) is 4.24. The van der Waals surface area contributed by atoms with Gasteiger partial charge in [0.1, 0.15) is 0 Å². The van der Waals surface area contributed by atoms with Crippen LogP contribution in [0.5, 0.6) is 0 Å². The summed E-state index contributed by atoms with van der Waals surface area (Å²) in [5.41, 5.74) is 1.07. The average molecular weight is 272 g/mol. The van der Waals surface area contributed by atoms with Crippen molar-refractivity contribution in [1.82, 2.24) is 9.97 Å². The smallest absolute Gasteiger partial charge is 0.200 e. The van der Waals surface area contributed by atoms with Crippen molar-refractivity contribution < 1.29 is 0 Å². The summed E-state index contributed by atoms with van der Waals surface area (Å²) in [5.74, 6) is 0.826. The number of H-pyrrole nitrogens is 1. The van der Waals surface area contributed by atoms with Crippen LogP contribution in [0.3, 0.4) is 0 Å². The molecule has 0 bridgehead atoms. The van der Waals surface area contributed by atoms with Crippen LogP contribution in [0, 0.1) is 6.92 Å². The van der Waals surface area contributed by atoms with Gasteiger partial charge < -0.3 is 10.3 Å². The van der Waals surface area contributed by atoms with Crippen molar-refractivity contribution in [3.8, 4) is 0 Å². The number of imidazole rings is 1. The van der Waals surface area contributed by atoms with E-state index < -0.39 is 0 Å². The number of hydrogen-bond donors (Lipinski definition) is 2. The monoisotopic (exact) mass is 271 g/mol. The molecule has 2 heterocycles. The van der Waals surface area contributed by atoms with E-state index in [9.17, 15) is 0 Å². The number of hydrogen-bond acceptors (Lipinski definition) is 3. The van der Waals surface area contributed by atoms with Crippen LogP contribution < -0.4 is 5.32 Å². The molecule has 2 aromatic heterocycles. The first-order valence-corrected chi connectivity index (χ1v) is 5.84. The van der Waals surface area contributed by atoms with Gasteiger partial charge in [-0.15, -0.1) is 11.3 Å². The molecule has 0 atom stereocenters. The molecule has 2 rings (SSSR count).